The fourth-order valence-corrected chi connectivity index (χ4v) is 5.71. The molecule has 4 N–H and O–H groups in total. The number of aliphatic hydroxyl groups is 3. The van der Waals surface area contributed by atoms with E-state index in [9.17, 15) is 28.5 Å². The van der Waals surface area contributed by atoms with Gasteiger partial charge in [-0.25, -0.2) is 4.18 Å². The van der Waals surface area contributed by atoms with Crippen molar-refractivity contribution in [2.45, 2.75) is 147 Å². The van der Waals surface area contributed by atoms with Gasteiger partial charge in [0.25, 0.3) is 0 Å². The first-order valence-electron chi connectivity index (χ1n) is 19.2. The molecule has 12 nitrogen and oxygen atoms in total. The molecule has 304 valence electrons. The number of ether oxygens (including phenoxy) is 4. The predicted molar refractivity (Wildman–Crippen MR) is 206 cm³/mol. The van der Waals surface area contributed by atoms with Gasteiger partial charge in [0, 0.05) is 13.0 Å². The largest absolute Gasteiger partial charge is 0.457 e. The van der Waals surface area contributed by atoms with Gasteiger partial charge in [-0.15, -0.1) is 0 Å². The van der Waals surface area contributed by atoms with Crippen molar-refractivity contribution >= 4 is 16.4 Å². The topological polar surface area (TPSA) is 178 Å². The zero-order chi connectivity index (χ0) is 39.0. The molecule has 0 spiro atoms. The lowest BCUT2D eigenvalue weighted by Crippen LogP contribution is -2.60. The van der Waals surface area contributed by atoms with E-state index in [1.54, 1.807) is 0 Å². The number of carbonyl (C=O) groups excluding carboxylic acids is 1. The van der Waals surface area contributed by atoms with Crippen molar-refractivity contribution < 1.29 is 56.2 Å². The monoisotopic (exact) mass is 770 g/mol. The van der Waals surface area contributed by atoms with E-state index in [2.05, 4.69) is 90.9 Å². The Morgan fingerprint density at radius 1 is 0.736 bits per heavy atom. The molecular weight excluding hydrogens is 704 g/mol. The summed E-state index contributed by atoms with van der Waals surface area (Å²) < 4.78 is 58.4. The summed E-state index contributed by atoms with van der Waals surface area (Å²) in [6, 6.07) is 0. The molecule has 1 aliphatic heterocycles. The number of hydrogen-bond donors (Lipinski definition) is 4. The van der Waals surface area contributed by atoms with Gasteiger partial charge in [-0.05, 0) is 64.2 Å². The van der Waals surface area contributed by atoms with Crippen LogP contribution in [0.3, 0.4) is 0 Å². The summed E-state index contributed by atoms with van der Waals surface area (Å²) in [4.78, 5) is 12.5. The summed E-state index contributed by atoms with van der Waals surface area (Å²) >= 11 is 0. The molecule has 0 bridgehead atoms. The summed E-state index contributed by atoms with van der Waals surface area (Å²) in [5.41, 5.74) is 0. The Kier molecular flexibility index (Phi) is 29.2. The number of rotatable bonds is 31. The van der Waals surface area contributed by atoms with Crippen molar-refractivity contribution in [3.63, 3.8) is 0 Å². The summed E-state index contributed by atoms with van der Waals surface area (Å²) in [5, 5.41) is 30.4. The number of allylic oxidation sites excluding steroid dienone is 12. The molecule has 1 saturated heterocycles. The summed E-state index contributed by atoms with van der Waals surface area (Å²) in [7, 11) is -5.06. The molecule has 0 amide bonds. The van der Waals surface area contributed by atoms with Crippen LogP contribution < -0.4 is 0 Å². The second-order valence-electron chi connectivity index (χ2n) is 12.8. The minimum atomic E-state index is -5.06. The van der Waals surface area contributed by atoms with E-state index in [1.807, 2.05) is 0 Å². The van der Waals surface area contributed by atoms with Crippen LogP contribution in [0.25, 0.3) is 0 Å². The van der Waals surface area contributed by atoms with Crippen LogP contribution in [0.4, 0.5) is 0 Å². The molecule has 0 aromatic heterocycles. The highest BCUT2D eigenvalue weighted by Gasteiger charge is 2.48. The Bertz CT molecular complexity index is 1210. The Morgan fingerprint density at radius 3 is 1.85 bits per heavy atom. The van der Waals surface area contributed by atoms with Crippen LogP contribution in [0.5, 0.6) is 0 Å². The average molecular weight is 771 g/mol. The highest BCUT2D eigenvalue weighted by Crippen LogP contribution is 2.26. The third-order valence-electron chi connectivity index (χ3n) is 8.09. The zero-order valence-corrected chi connectivity index (χ0v) is 32.6. The van der Waals surface area contributed by atoms with E-state index in [4.69, 9.17) is 23.5 Å². The fraction of sp³-hybridized carbons (Fsp3) is 0.675. The standard InChI is InChI=1S/C40H66O12S/c1-3-5-7-9-10-11-12-13-14-15-16-17-18-19-20-21-22-23-24-25-26-28-30-48-32-34(50-36(42)29-27-8-6-4-2)33-49-40-38(44)39(52-53(45,46)47)37(43)35(31-41)51-40/h5,7,10-11,13-14,16-17,19-20,22-23,34-35,37-41,43-44H,3-4,6,8-9,12,15,18,21,24-33H2,1-2H3,(H,45,46,47)/b7-5-,11-10-,14-13-,17-16-,20-19-,23-22-. The van der Waals surface area contributed by atoms with Crippen LogP contribution in [0.2, 0.25) is 0 Å². The number of hydrogen-bond acceptors (Lipinski definition) is 11. The first kappa shape index (κ1) is 48.6. The van der Waals surface area contributed by atoms with Crippen molar-refractivity contribution in [3.8, 4) is 0 Å². The van der Waals surface area contributed by atoms with Crippen LogP contribution in [0, 0.1) is 0 Å². The molecule has 0 aromatic carbocycles. The first-order valence-corrected chi connectivity index (χ1v) is 20.6. The molecule has 0 saturated carbocycles. The Hall–Kier alpha value is -2.46. The van der Waals surface area contributed by atoms with Gasteiger partial charge in [-0.2, -0.15) is 8.42 Å². The minimum absolute atomic E-state index is 0.00761. The van der Waals surface area contributed by atoms with E-state index in [-0.39, 0.29) is 19.6 Å². The smallest absolute Gasteiger partial charge is 0.397 e. The quantitative estimate of drug-likeness (QED) is 0.0252. The third kappa shape index (κ3) is 26.1. The van der Waals surface area contributed by atoms with E-state index in [0.717, 1.165) is 83.5 Å². The lowest BCUT2D eigenvalue weighted by molar-refractivity contribution is -0.301. The molecule has 0 aliphatic carbocycles. The summed E-state index contributed by atoms with van der Waals surface area (Å²) in [5.74, 6) is -0.434. The summed E-state index contributed by atoms with van der Waals surface area (Å²) in [6.45, 7) is 3.60. The molecule has 6 atom stereocenters. The molecule has 53 heavy (non-hydrogen) atoms. The fourth-order valence-electron chi connectivity index (χ4n) is 5.20. The average Bonchev–Trinajstić information content (AvgIpc) is 3.12. The van der Waals surface area contributed by atoms with Crippen molar-refractivity contribution in [2.24, 2.45) is 0 Å². The van der Waals surface area contributed by atoms with Crippen LogP contribution in [0.1, 0.15) is 110 Å². The van der Waals surface area contributed by atoms with Crippen molar-refractivity contribution in [1.29, 1.82) is 0 Å². The van der Waals surface area contributed by atoms with Gasteiger partial charge in [-0.1, -0.05) is 112 Å². The molecule has 1 fully saturated rings. The second-order valence-corrected chi connectivity index (χ2v) is 13.8. The van der Waals surface area contributed by atoms with E-state index in [1.165, 1.54) is 0 Å². The van der Waals surface area contributed by atoms with Gasteiger partial charge in [0.1, 0.15) is 30.5 Å². The maximum Gasteiger partial charge on any atom is 0.397 e. The number of unbranched alkanes of at least 4 members (excludes halogenated alkanes) is 6. The normalized spacial score (nSPS) is 22.1. The molecule has 0 aromatic rings. The Balaban J connectivity index is 2.37. The van der Waals surface area contributed by atoms with Gasteiger partial charge in [0.05, 0.1) is 19.8 Å². The van der Waals surface area contributed by atoms with Crippen molar-refractivity contribution in [2.75, 3.05) is 26.4 Å². The maximum absolute atomic E-state index is 12.5. The SMILES string of the molecule is CC/C=C\C/C=C\C/C=C\C/C=C\C/C=C\C/C=C\CCCCCOCC(COC1OC(CO)C(O)C(OS(=O)(=O)O)C1O)OC(=O)CCCCCC. The van der Waals surface area contributed by atoms with E-state index in [0.29, 0.717) is 13.0 Å². The van der Waals surface area contributed by atoms with E-state index >= 15 is 0 Å². The molecule has 1 heterocycles. The van der Waals surface area contributed by atoms with Crippen LogP contribution in [0.15, 0.2) is 72.9 Å². The molecule has 1 rings (SSSR count). The highest BCUT2D eigenvalue weighted by atomic mass is 32.3. The van der Waals surface area contributed by atoms with Gasteiger partial charge in [0.15, 0.2) is 6.29 Å². The van der Waals surface area contributed by atoms with Gasteiger partial charge < -0.3 is 34.3 Å². The molecule has 0 radical (unpaired) electrons. The van der Waals surface area contributed by atoms with Crippen molar-refractivity contribution in [3.05, 3.63) is 72.9 Å². The van der Waals surface area contributed by atoms with Crippen LogP contribution in [-0.4, -0.2) is 97.5 Å². The minimum Gasteiger partial charge on any atom is -0.457 e. The molecular formula is C40H66O12S. The highest BCUT2D eigenvalue weighted by molar-refractivity contribution is 7.80. The number of carbonyl (C=O) groups is 1. The predicted octanol–water partition coefficient (Wildman–Crippen LogP) is 6.79. The Morgan fingerprint density at radius 2 is 1.30 bits per heavy atom. The van der Waals surface area contributed by atoms with Gasteiger partial charge in [-0.3, -0.25) is 9.35 Å². The number of aliphatic hydroxyl groups excluding tert-OH is 3. The lowest BCUT2D eigenvalue weighted by Gasteiger charge is -2.41. The zero-order valence-electron chi connectivity index (χ0n) is 31.8. The molecule has 6 unspecified atom stereocenters. The number of esters is 1. The Labute approximate surface area is 318 Å². The van der Waals surface area contributed by atoms with E-state index < -0.39 is 59.8 Å². The lowest BCUT2D eigenvalue weighted by atomic mass is 9.99. The van der Waals surface area contributed by atoms with Gasteiger partial charge >= 0.3 is 16.4 Å². The second kappa shape index (κ2) is 31.8. The first-order chi connectivity index (χ1) is 25.6. The van der Waals surface area contributed by atoms with Gasteiger partial charge in [0.2, 0.25) is 0 Å². The van der Waals surface area contributed by atoms with Crippen LogP contribution >= 0.6 is 0 Å². The third-order valence-corrected chi connectivity index (χ3v) is 8.56. The molecule has 1 aliphatic rings. The maximum atomic E-state index is 12.5. The van der Waals surface area contributed by atoms with Crippen LogP contribution in [-0.2, 0) is 38.3 Å². The van der Waals surface area contributed by atoms with Crippen molar-refractivity contribution in [1.82, 2.24) is 0 Å². The molecule has 13 heteroatoms. The summed E-state index contributed by atoms with van der Waals surface area (Å²) in [6.07, 6.45) is 30.3.